The van der Waals surface area contributed by atoms with Crippen molar-refractivity contribution in [2.24, 2.45) is 0 Å². The number of rotatable bonds is 3. The standard InChI is InChI=1S/C8H11Br.C8H10.C4H8.C2H6.CH2O/c1-3-5-7-8(9)6-4-2;1-7-4-3-5-8(2)6-7;1-3-4-2;2*1-2/h4-7H,2-3H2,1H3;3-6H,1-2H3;3-4H,1-2H3;1-2H3;1H2/b7-5-,8-6+;;4-3+;;. The lowest BCUT2D eigenvalue weighted by Crippen LogP contribution is -1.71. The fraction of sp³-hybridized carbons (Fsp3) is 0.348. The Labute approximate surface area is 165 Å². The lowest BCUT2D eigenvalue weighted by atomic mass is 10.2. The topological polar surface area (TPSA) is 17.1 Å². The first-order valence-corrected chi connectivity index (χ1v) is 9.35. The van der Waals surface area contributed by atoms with Crippen LogP contribution in [0.5, 0.6) is 0 Å². The molecule has 1 aromatic rings. The summed E-state index contributed by atoms with van der Waals surface area (Å²) >= 11 is 3.34. The van der Waals surface area contributed by atoms with Crippen molar-refractivity contribution in [3.8, 4) is 0 Å². The van der Waals surface area contributed by atoms with Crippen molar-refractivity contribution in [3.63, 3.8) is 0 Å². The van der Waals surface area contributed by atoms with E-state index in [9.17, 15) is 0 Å². The fourth-order valence-electron chi connectivity index (χ4n) is 1.21. The molecule has 0 aliphatic heterocycles. The maximum atomic E-state index is 8.00. The molecule has 0 N–H and O–H groups in total. The normalized spacial score (nSPS) is 9.36. The van der Waals surface area contributed by atoms with E-state index in [1.807, 2.05) is 58.8 Å². The van der Waals surface area contributed by atoms with Crippen molar-refractivity contribution in [1.82, 2.24) is 0 Å². The number of carbonyl (C=O) groups excluding carboxylic acids is 1. The monoisotopic (exact) mass is 408 g/mol. The van der Waals surface area contributed by atoms with E-state index in [1.54, 1.807) is 6.08 Å². The lowest BCUT2D eigenvalue weighted by molar-refractivity contribution is -0.0979. The van der Waals surface area contributed by atoms with E-state index in [-0.39, 0.29) is 0 Å². The summed E-state index contributed by atoms with van der Waals surface area (Å²) in [6.07, 6.45) is 12.8. The summed E-state index contributed by atoms with van der Waals surface area (Å²) in [6, 6.07) is 8.45. The molecule has 25 heavy (non-hydrogen) atoms. The van der Waals surface area contributed by atoms with Gasteiger partial charge in [-0.2, -0.15) is 0 Å². The van der Waals surface area contributed by atoms with Crippen molar-refractivity contribution in [1.29, 1.82) is 0 Å². The molecular formula is C23H37BrO. The minimum atomic E-state index is 1.07. The van der Waals surface area contributed by atoms with E-state index in [2.05, 4.69) is 73.6 Å². The molecule has 0 aliphatic rings. The van der Waals surface area contributed by atoms with E-state index in [4.69, 9.17) is 4.79 Å². The Hall–Kier alpha value is -1.67. The highest BCUT2D eigenvalue weighted by Gasteiger charge is 1.80. The molecule has 0 saturated heterocycles. The van der Waals surface area contributed by atoms with Crippen LogP contribution in [-0.2, 0) is 4.79 Å². The van der Waals surface area contributed by atoms with Crippen LogP contribution in [0.2, 0.25) is 0 Å². The highest BCUT2D eigenvalue weighted by molar-refractivity contribution is 9.11. The number of hydrogen-bond donors (Lipinski definition) is 0. The Morgan fingerprint density at radius 1 is 1.08 bits per heavy atom. The van der Waals surface area contributed by atoms with Crippen LogP contribution < -0.4 is 0 Å². The second kappa shape index (κ2) is 30.2. The van der Waals surface area contributed by atoms with Crippen LogP contribution in [0.3, 0.4) is 0 Å². The zero-order valence-corrected chi connectivity index (χ0v) is 18.8. The summed E-state index contributed by atoms with van der Waals surface area (Å²) in [7, 11) is 0. The first-order chi connectivity index (χ1) is 12.0. The lowest BCUT2D eigenvalue weighted by Gasteiger charge is -1.90. The summed E-state index contributed by atoms with van der Waals surface area (Å²) in [5.41, 5.74) is 2.68. The third-order valence-electron chi connectivity index (χ3n) is 2.30. The fourth-order valence-corrected chi connectivity index (χ4v) is 1.58. The second-order valence-corrected chi connectivity index (χ2v) is 5.34. The molecule has 0 saturated carbocycles. The number of hydrogen-bond acceptors (Lipinski definition) is 1. The van der Waals surface area contributed by atoms with Crippen molar-refractivity contribution in [3.05, 3.63) is 82.9 Å². The molecule has 0 radical (unpaired) electrons. The van der Waals surface area contributed by atoms with Gasteiger partial charge in [-0.05, 0) is 40.2 Å². The van der Waals surface area contributed by atoms with Crippen LogP contribution in [0.25, 0.3) is 0 Å². The van der Waals surface area contributed by atoms with Gasteiger partial charge in [0.1, 0.15) is 6.79 Å². The van der Waals surface area contributed by atoms with Gasteiger partial charge in [0.15, 0.2) is 0 Å². The molecule has 0 aliphatic carbocycles. The van der Waals surface area contributed by atoms with Crippen molar-refractivity contribution in [2.75, 3.05) is 0 Å². The van der Waals surface area contributed by atoms with E-state index in [1.165, 1.54) is 11.1 Å². The van der Waals surface area contributed by atoms with Gasteiger partial charge in [0.25, 0.3) is 0 Å². The first-order valence-electron chi connectivity index (χ1n) is 8.55. The third kappa shape index (κ3) is 34.6. The third-order valence-corrected chi connectivity index (χ3v) is 2.83. The van der Waals surface area contributed by atoms with Gasteiger partial charge in [-0.1, -0.05) is 109 Å². The van der Waals surface area contributed by atoms with Crippen molar-refractivity contribution in [2.45, 2.75) is 54.9 Å². The van der Waals surface area contributed by atoms with E-state index in [0.29, 0.717) is 0 Å². The number of carbonyl (C=O) groups is 1. The van der Waals surface area contributed by atoms with Crippen LogP contribution in [0.4, 0.5) is 0 Å². The highest BCUT2D eigenvalue weighted by atomic mass is 79.9. The molecule has 0 amide bonds. The largest absolute Gasteiger partial charge is 0.307 e. The van der Waals surface area contributed by atoms with Crippen molar-refractivity contribution < 1.29 is 4.79 Å². The molecule has 1 rings (SSSR count). The molecule has 0 atom stereocenters. The first kappa shape index (κ1) is 31.1. The molecular weight excluding hydrogens is 372 g/mol. The van der Waals surface area contributed by atoms with Gasteiger partial charge in [-0.25, -0.2) is 0 Å². The molecule has 0 spiro atoms. The number of allylic oxidation sites excluding steroid dienone is 7. The second-order valence-electron chi connectivity index (χ2n) is 4.42. The smallest absolute Gasteiger partial charge is 0.106 e. The molecule has 1 aromatic carbocycles. The molecule has 0 fully saturated rings. The van der Waals surface area contributed by atoms with Gasteiger partial charge in [-0.15, -0.1) is 0 Å². The Balaban J connectivity index is -0.000000126. The maximum Gasteiger partial charge on any atom is 0.106 e. The minimum Gasteiger partial charge on any atom is -0.307 e. The van der Waals surface area contributed by atoms with E-state index < -0.39 is 0 Å². The van der Waals surface area contributed by atoms with Crippen LogP contribution >= 0.6 is 15.9 Å². The molecule has 1 nitrogen and oxygen atoms in total. The van der Waals surface area contributed by atoms with Gasteiger partial charge in [0, 0.05) is 4.48 Å². The SMILES string of the molecule is C/C=C/C.C=C/C=C(Br)\C=C/CC.C=O.CC.Cc1cccc(C)c1. The molecule has 2 heteroatoms. The molecule has 0 heterocycles. The van der Waals surface area contributed by atoms with Gasteiger partial charge < -0.3 is 4.79 Å². The van der Waals surface area contributed by atoms with Gasteiger partial charge >= 0.3 is 0 Å². The van der Waals surface area contributed by atoms with Crippen LogP contribution in [0.1, 0.15) is 52.2 Å². The zero-order valence-electron chi connectivity index (χ0n) is 17.2. The van der Waals surface area contributed by atoms with Gasteiger partial charge in [0.05, 0.1) is 0 Å². The van der Waals surface area contributed by atoms with Gasteiger partial charge in [-0.3, -0.25) is 0 Å². The zero-order chi connectivity index (χ0) is 20.5. The predicted molar refractivity (Wildman–Crippen MR) is 122 cm³/mol. The Morgan fingerprint density at radius 2 is 1.52 bits per heavy atom. The number of benzene rings is 1. The van der Waals surface area contributed by atoms with Crippen LogP contribution in [0, 0.1) is 13.8 Å². The highest BCUT2D eigenvalue weighted by Crippen LogP contribution is 2.06. The number of halogens is 1. The average molecular weight is 409 g/mol. The number of aryl methyl sites for hydroxylation is 2. The quantitative estimate of drug-likeness (QED) is 0.364. The molecule has 0 unspecified atom stereocenters. The molecule has 0 aromatic heterocycles. The van der Waals surface area contributed by atoms with E-state index in [0.717, 1.165) is 10.9 Å². The molecule has 0 bridgehead atoms. The summed E-state index contributed by atoms with van der Waals surface area (Å²) < 4.78 is 1.07. The molecule has 142 valence electrons. The predicted octanol–water partition coefficient (Wildman–Crippen LogP) is 8.14. The Kier molecular flexibility index (Phi) is 37.7. The maximum absolute atomic E-state index is 8.00. The van der Waals surface area contributed by atoms with Gasteiger partial charge in [0.2, 0.25) is 0 Å². The van der Waals surface area contributed by atoms with E-state index >= 15 is 0 Å². The minimum absolute atomic E-state index is 1.07. The average Bonchev–Trinajstić information content (AvgIpc) is 2.64. The summed E-state index contributed by atoms with van der Waals surface area (Å²) in [6.45, 7) is 19.9. The summed E-state index contributed by atoms with van der Waals surface area (Å²) in [5, 5.41) is 0. The Morgan fingerprint density at radius 3 is 1.76 bits per heavy atom. The van der Waals surface area contributed by atoms with Crippen molar-refractivity contribution >= 4 is 22.7 Å². The van der Waals surface area contributed by atoms with Crippen LogP contribution in [-0.4, -0.2) is 6.79 Å². The Bertz CT molecular complexity index is 449. The summed E-state index contributed by atoms with van der Waals surface area (Å²) in [4.78, 5) is 8.00. The summed E-state index contributed by atoms with van der Waals surface area (Å²) in [5.74, 6) is 0. The van der Waals surface area contributed by atoms with Crippen LogP contribution in [0.15, 0.2) is 71.8 Å².